The average Bonchev–Trinajstić information content (AvgIpc) is 3.54. The van der Waals surface area contributed by atoms with Crippen molar-refractivity contribution in [2.75, 3.05) is 32.3 Å². The number of hydrogen-bond acceptors (Lipinski definition) is 9. The van der Waals surface area contributed by atoms with Gasteiger partial charge >= 0.3 is 5.91 Å². The summed E-state index contributed by atoms with van der Waals surface area (Å²) >= 11 is 1.26. The van der Waals surface area contributed by atoms with Gasteiger partial charge in [0.25, 0.3) is 5.78 Å². The van der Waals surface area contributed by atoms with Gasteiger partial charge in [0.1, 0.15) is 17.3 Å². The van der Waals surface area contributed by atoms with Crippen molar-refractivity contribution in [1.29, 1.82) is 0 Å². The van der Waals surface area contributed by atoms with Crippen LogP contribution in [0, 0.1) is 5.92 Å². The number of carbonyl (C=O) groups excluding carboxylic acids is 2. The molecular formula is C33H34N2O7S. The third kappa shape index (κ3) is 6.01. The van der Waals surface area contributed by atoms with Crippen LogP contribution < -0.4 is 23.8 Å². The Morgan fingerprint density at radius 2 is 1.79 bits per heavy atom. The summed E-state index contributed by atoms with van der Waals surface area (Å²) in [6.07, 6.45) is 0.869. The van der Waals surface area contributed by atoms with Crippen LogP contribution in [0.15, 0.2) is 66.2 Å². The number of aliphatic hydroxyl groups excluding tert-OH is 1. The SMILES string of the molecule is CCOc1ccc2nc(N3C(=O)C(=O)C(=C(O)c4cccc(OC)c4)C3c3ccc(OCCC(C)C)c(OC)c3)sc2c1. The molecule has 224 valence electrons. The molecule has 0 saturated carbocycles. The zero-order chi connectivity index (χ0) is 30.7. The van der Waals surface area contributed by atoms with Gasteiger partial charge in [-0.05, 0) is 67.3 Å². The summed E-state index contributed by atoms with van der Waals surface area (Å²) in [7, 11) is 3.05. The molecular weight excluding hydrogens is 568 g/mol. The zero-order valence-corrected chi connectivity index (χ0v) is 25.6. The summed E-state index contributed by atoms with van der Waals surface area (Å²) in [4.78, 5) is 33.5. The summed E-state index contributed by atoms with van der Waals surface area (Å²) in [5.74, 6) is 0.695. The molecule has 1 unspecified atom stereocenters. The van der Waals surface area contributed by atoms with Gasteiger partial charge in [-0.25, -0.2) is 4.98 Å². The molecule has 0 aliphatic carbocycles. The number of thiazole rings is 1. The molecule has 1 saturated heterocycles. The number of carbonyl (C=O) groups is 2. The van der Waals surface area contributed by atoms with E-state index in [1.807, 2.05) is 25.1 Å². The number of aliphatic hydroxyl groups is 1. The van der Waals surface area contributed by atoms with Crippen LogP contribution in [0.25, 0.3) is 16.0 Å². The number of fused-ring (bicyclic) bond motifs is 1. The van der Waals surface area contributed by atoms with Gasteiger partial charge in [0.05, 0.1) is 49.3 Å². The molecule has 0 radical (unpaired) electrons. The van der Waals surface area contributed by atoms with Gasteiger partial charge in [-0.2, -0.15) is 0 Å². The molecule has 0 bridgehead atoms. The van der Waals surface area contributed by atoms with E-state index in [0.29, 0.717) is 63.9 Å². The van der Waals surface area contributed by atoms with Gasteiger partial charge in [0, 0.05) is 5.56 Å². The molecule has 1 N–H and O–H groups in total. The van der Waals surface area contributed by atoms with Crippen molar-refractivity contribution in [2.45, 2.75) is 33.2 Å². The van der Waals surface area contributed by atoms with Crippen molar-refractivity contribution in [3.63, 3.8) is 0 Å². The Balaban J connectivity index is 1.66. The van der Waals surface area contributed by atoms with Crippen molar-refractivity contribution < 1.29 is 33.6 Å². The number of nitrogens with zero attached hydrogens (tertiary/aromatic N) is 2. The lowest BCUT2D eigenvalue weighted by atomic mass is 9.95. The second kappa shape index (κ2) is 12.7. The Hall–Kier alpha value is -4.57. The molecule has 1 aliphatic rings. The molecule has 1 amide bonds. The molecule has 5 rings (SSSR count). The number of ketones is 1. The Labute approximate surface area is 254 Å². The minimum absolute atomic E-state index is 0.0666. The van der Waals surface area contributed by atoms with Gasteiger partial charge in [-0.3, -0.25) is 14.5 Å². The molecule has 1 aromatic heterocycles. The second-order valence-corrected chi connectivity index (χ2v) is 11.4. The highest BCUT2D eigenvalue weighted by Crippen LogP contribution is 2.46. The number of aromatic nitrogens is 1. The molecule has 3 aromatic carbocycles. The van der Waals surface area contributed by atoms with E-state index < -0.39 is 17.7 Å². The van der Waals surface area contributed by atoms with Crippen LogP contribution in [0.3, 0.4) is 0 Å². The van der Waals surface area contributed by atoms with Gasteiger partial charge in [-0.15, -0.1) is 0 Å². The minimum Gasteiger partial charge on any atom is -0.507 e. The second-order valence-electron chi connectivity index (χ2n) is 10.4. The van der Waals surface area contributed by atoms with Crippen LogP contribution in [0.1, 0.15) is 44.4 Å². The van der Waals surface area contributed by atoms with Crippen LogP contribution in [-0.4, -0.2) is 49.2 Å². The zero-order valence-electron chi connectivity index (χ0n) is 24.7. The third-order valence-electron chi connectivity index (χ3n) is 7.11. The summed E-state index contributed by atoms with van der Waals surface area (Å²) in [6.45, 7) is 7.16. The minimum atomic E-state index is -0.989. The summed E-state index contributed by atoms with van der Waals surface area (Å²) in [5, 5.41) is 11.9. The fourth-order valence-electron chi connectivity index (χ4n) is 4.90. The van der Waals surface area contributed by atoms with Gasteiger partial charge in [-0.1, -0.05) is 43.4 Å². The van der Waals surface area contributed by atoms with Crippen molar-refractivity contribution in [3.8, 4) is 23.0 Å². The highest BCUT2D eigenvalue weighted by atomic mass is 32.1. The predicted octanol–water partition coefficient (Wildman–Crippen LogP) is 6.76. The number of hydrogen-bond donors (Lipinski definition) is 1. The quantitative estimate of drug-likeness (QED) is 0.114. The maximum atomic E-state index is 13.7. The highest BCUT2D eigenvalue weighted by Gasteiger charge is 2.48. The molecule has 10 heteroatoms. The number of benzene rings is 3. The number of rotatable bonds is 11. The maximum absolute atomic E-state index is 13.7. The first-order valence-electron chi connectivity index (χ1n) is 14.0. The van der Waals surface area contributed by atoms with Crippen LogP contribution in [0.5, 0.6) is 23.0 Å². The van der Waals surface area contributed by atoms with E-state index in [1.165, 1.54) is 30.5 Å². The normalized spacial score (nSPS) is 16.2. The third-order valence-corrected chi connectivity index (χ3v) is 8.13. The maximum Gasteiger partial charge on any atom is 0.301 e. The van der Waals surface area contributed by atoms with Crippen LogP contribution >= 0.6 is 11.3 Å². The predicted molar refractivity (Wildman–Crippen MR) is 167 cm³/mol. The first-order chi connectivity index (χ1) is 20.7. The summed E-state index contributed by atoms with van der Waals surface area (Å²) in [5.41, 5.74) is 1.48. The lowest BCUT2D eigenvalue weighted by molar-refractivity contribution is -0.132. The topological polar surface area (TPSA) is 107 Å². The smallest absolute Gasteiger partial charge is 0.301 e. The molecule has 1 aliphatic heterocycles. The number of Topliss-reactive ketones (excluding diaryl/α,β-unsaturated/α-hetero) is 1. The first kappa shape index (κ1) is 29.9. The van der Waals surface area contributed by atoms with Gasteiger partial charge in [0.2, 0.25) is 0 Å². The highest BCUT2D eigenvalue weighted by molar-refractivity contribution is 7.22. The van der Waals surface area contributed by atoms with Gasteiger partial charge < -0.3 is 24.1 Å². The van der Waals surface area contributed by atoms with E-state index in [1.54, 1.807) is 42.5 Å². The molecule has 43 heavy (non-hydrogen) atoms. The van der Waals surface area contributed by atoms with Gasteiger partial charge in [0.15, 0.2) is 16.6 Å². The van der Waals surface area contributed by atoms with Crippen LogP contribution in [0.2, 0.25) is 0 Å². The largest absolute Gasteiger partial charge is 0.507 e. The Morgan fingerprint density at radius 1 is 0.977 bits per heavy atom. The molecule has 2 heterocycles. The lowest BCUT2D eigenvalue weighted by Crippen LogP contribution is -2.29. The Bertz CT molecular complexity index is 1690. The van der Waals surface area contributed by atoms with Crippen LogP contribution in [-0.2, 0) is 9.59 Å². The summed E-state index contributed by atoms with van der Waals surface area (Å²) in [6, 6.07) is 16.4. The number of ether oxygens (including phenoxy) is 4. The van der Waals surface area contributed by atoms with Crippen molar-refractivity contribution in [3.05, 3.63) is 77.4 Å². The fraction of sp³-hybridized carbons (Fsp3) is 0.303. The monoisotopic (exact) mass is 602 g/mol. The molecule has 1 atom stereocenters. The van der Waals surface area contributed by atoms with E-state index in [4.69, 9.17) is 23.9 Å². The average molecular weight is 603 g/mol. The number of amides is 1. The van der Waals surface area contributed by atoms with E-state index in [0.717, 1.165) is 11.1 Å². The Morgan fingerprint density at radius 3 is 2.51 bits per heavy atom. The number of methoxy groups -OCH3 is 2. The molecule has 1 fully saturated rings. The van der Waals surface area contributed by atoms with Crippen molar-refractivity contribution in [1.82, 2.24) is 4.98 Å². The van der Waals surface area contributed by atoms with E-state index in [2.05, 4.69) is 13.8 Å². The van der Waals surface area contributed by atoms with Crippen LogP contribution in [0.4, 0.5) is 5.13 Å². The number of anilines is 1. The molecule has 0 spiro atoms. The van der Waals surface area contributed by atoms with Crippen molar-refractivity contribution >= 4 is 44.1 Å². The molecule has 4 aromatic rings. The van der Waals surface area contributed by atoms with E-state index >= 15 is 0 Å². The van der Waals surface area contributed by atoms with E-state index in [9.17, 15) is 14.7 Å². The van der Waals surface area contributed by atoms with E-state index in [-0.39, 0.29) is 11.3 Å². The summed E-state index contributed by atoms with van der Waals surface area (Å²) < 4.78 is 23.4. The Kier molecular flexibility index (Phi) is 8.86. The van der Waals surface area contributed by atoms with Crippen molar-refractivity contribution in [2.24, 2.45) is 5.92 Å². The first-order valence-corrected chi connectivity index (χ1v) is 14.9. The fourth-order valence-corrected chi connectivity index (χ4v) is 5.92. The standard InChI is InChI=1S/C33H34N2O7S/c1-6-41-23-11-12-24-27(18-23)43-33(34-24)35-29(20-10-13-25(26(17-20)40-5)42-15-14-19(2)3)28(31(37)32(35)38)30(36)21-8-7-9-22(16-21)39-4/h7-13,16-19,29,36H,6,14-15H2,1-5H3. The molecule has 9 nitrogen and oxygen atoms in total. The lowest BCUT2D eigenvalue weighted by Gasteiger charge is -2.24.